The molecule has 1 saturated heterocycles. The van der Waals surface area contributed by atoms with Crippen LogP contribution in [0.4, 0.5) is 5.69 Å². The highest BCUT2D eigenvalue weighted by molar-refractivity contribution is 7.92. The average molecular weight is 396 g/mol. The minimum atomic E-state index is -3.82. The zero-order valence-electron chi connectivity index (χ0n) is 14.9. The monoisotopic (exact) mass is 395 g/mol. The van der Waals surface area contributed by atoms with E-state index in [0.717, 1.165) is 0 Å². The van der Waals surface area contributed by atoms with Gasteiger partial charge in [0.15, 0.2) is 5.15 Å². The van der Waals surface area contributed by atoms with E-state index in [1.165, 1.54) is 30.7 Å². The Morgan fingerprint density at radius 3 is 2.27 bits per heavy atom. The highest BCUT2D eigenvalue weighted by Crippen LogP contribution is 2.36. The van der Waals surface area contributed by atoms with Crippen LogP contribution in [0.1, 0.15) is 27.7 Å². The summed E-state index contributed by atoms with van der Waals surface area (Å²) in [6.45, 7) is 7.74. The third kappa shape index (κ3) is 3.57. The lowest BCUT2D eigenvalue weighted by atomic mass is 9.80. The minimum Gasteiger partial charge on any atom is -0.399 e. The van der Waals surface area contributed by atoms with Gasteiger partial charge in [-0.2, -0.15) is 0 Å². The van der Waals surface area contributed by atoms with Crippen LogP contribution in [0.5, 0.6) is 0 Å². The van der Waals surface area contributed by atoms with Crippen molar-refractivity contribution in [3.63, 3.8) is 0 Å². The van der Waals surface area contributed by atoms with Crippen LogP contribution < -0.4 is 10.2 Å². The molecule has 138 valence electrons. The van der Waals surface area contributed by atoms with E-state index in [0.29, 0.717) is 5.46 Å². The summed E-state index contributed by atoms with van der Waals surface area (Å²) in [6.07, 6.45) is 4.30. The maximum Gasteiger partial charge on any atom is 0.496 e. The quantitative estimate of drug-likeness (QED) is 0.630. The molecular weight excluding hydrogens is 377 g/mol. The van der Waals surface area contributed by atoms with Gasteiger partial charge in [-0.3, -0.25) is 9.71 Å². The van der Waals surface area contributed by atoms with E-state index in [4.69, 9.17) is 20.9 Å². The number of pyridine rings is 2. The van der Waals surface area contributed by atoms with Crippen molar-refractivity contribution < 1.29 is 17.7 Å². The fraction of sp³-hybridized carbons (Fsp3) is 0.375. The summed E-state index contributed by atoms with van der Waals surface area (Å²) in [5.74, 6) is 0. The van der Waals surface area contributed by atoms with Crippen LogP contribution in [-0.4, -0.2) is 36.7 Å². The molecule has 0 aromatic carbocycles. The molecule has 3 rings (SSSR count). The predicted molar refractivity (Wildman–Crippen MR) is 100 cm³/mol. The Balaban J connectivity index is 1.90. The molecule has 0 saturated carbocycles. The number of anilines is 1. The summed E-state index contributed by atoms with van der Waals surface area (Å²) in [4.78, 5) is 7.95. The van der Waals surface area contributed by atoms with Gasteiger partial charge in [0.2, 0.25) is 0 Å². The van der Waals surface area contributed by atoms with Crippen LogP contribution in [0.25, 0.3) is 0 Å². The number of hydrogen-bond acceptors (Lipinski definition) is 6. The van der Waals surface area contributed by atoms with E-state index < -0.39 is 28.3 Å². The lowest BCUT2D eigenvalue weighted by Gasteiger charge is -2.32. The number of aromatic nitrogens is 2. The van der Waals surface area contributed by atoms with Crippen molar-refractivity contribution in [3.8, 4) is 0 Å². The van der Waals surface area contributed by atoms with Crippen molar-refractivity contribution in [2.75, 3.05) is 4.72 Å². The number of hydrogen-bond donors (Lipinski definition) is 1. The molecule has 0 aliphatic carbocycles. The third-order valence-electron chi connectivity index (χ3n) is 4.59. The van der Waals surface area contributed by atoms with Gasteiger partial charge in [0, 0.05) is 24.1 Å². The molecule has 0 radical (unpaired) electrons. The molecule has 26 heavy (non-hydrogen) atoms. The average Bonchev–Trinajstić information content (AvgIpc) is 2.78. The Morgan fingerprint density at radius 1 is 1.12 bits per heavy atom. The number of halogens is 1. The number of sulfonamides is 1. The van der Waals surface area contributed by atoms with Crippen molar-refractivity contribution >= 4 is 39.9 Å². The Bertz CT molecular complexity index is 906. The van der Waals surface area contributed by atoms with E-state index >= 15 is 0 Å². The maximum absolute atomic E-state index is 12.5. The second kappa shape index (κ2) is 6.49. The topological polar surface area (TPSA) is 90.4 Å². The molecule has 1 aliphatic rings. The summed E-state index contributed by atoms with van der Waals surface area (Å²) in [5, 5.41) is 0.0305. The molecule has 10 heteroatoms. The molecule has 7 nitrogen and oxygen atoms in total. The van der Waals surface area contributed by atoms with Gasteiger partial charge in [0.1, 0.15) is 0 Å². The molecular formula is C16H19BClN3O4S. The van der Waals surface area contributed by atoms with Gasteiger partial charge in [-0.1, -0.05) is 11.6 Å². The lowest BCUT2D eigenvalue weighted by molar-refractivity contribution is 0.00578. The Kier molecular flexibility index (Phi) is 4.77. The predicted octanol–water partition coefficient (Wildman–Crippen LogP) is 2.23. The molecule has 1 N–H and O–H groups in total. The fourth-order valence-corrected chi connectivity index (χ4v) is 3.61. The Morgan fingerprint density at radius 2 is 1.69 bits per heavy atom. The molecule has 0 spiro atoms. The van der Waals surface area contributed by atoms with Crippen molar-refractivity contribution in [2.45, 2.75) is 43.8 Å². The van der Waals surface area contributed by atoms with Gasteiger partial charge in [-0.25, -0.2) is 13.4 Å². The van der Waals surface area contributed by atoms with E-state index in [9.17, 15) is 8.42 Å². The minimum absolute atomic E-state index is 0.0305. The number of nitrogens with one attached hydrogen (secondary N) is 1. The van der Waals surface area contributed by atoms with Gasteiger partial charge >= 0.3 is 7.12 Å². The zero-order valence-corrected chi connectivity index (χ0v) is 16.4. The number of rotatable bonds is 4. The summed E-state index contributed by atoms with van der Waals surface area (Å²) >= 11 is 6.08. The van der Waals surface area contributed by atoms with E-state index in [-0.39, 0.29) is 15.7 Å². The molecule has 0 atom stereocenters. The van der Waals surface area contributed by atoms with Gasteiger partial charge in [0.25, 0.3) is 10.0 Å². The Hall–Kier alpha value is -1.68. The molecule has 0 unspecified atom stereocenters. The van der Waals surface area contributed by atoms with Crippen molar-refractivity contribution in [2.24, 2.45) is 0 Å². The van der Waals surface area contributed by atoms with E-state index in [1.54, 1.807) is 6.07 Å². The van der Waals surface area contributed by atoms with Crippen LogP contribution in [0.2, 0.25) is 5.15 Å². The molecule has 1 fully saturated rings. The summed E-state index contributed by atoms with van der Waals surface area (Å²) in [7, 11) is -4.49. The Labute approximate surface area is 158 Å². The fourth-order valence-electron chi connectivity index (χ4n) is 2.36. The summed E-state index contributed by atoms with van der Waals surface area (Å²) in [6, 6.07) is 4.35. The summed E-state index contributed by atoms with van der Waals surface area (Å²) in [5.41, 5.74) is -0.321. The highest BCUT2D eigenvalue weighted by Gasteiger charge is 2.51. The molecule has 2 aromatic heterocycles. The summed E-state index contributed by atoms with van der Waals surface area (Å²) < 4.78 is 39.4. The van der Waals surface area contributed by atoms with Crippen LogP contribution >= 0.6 is 11.6 Å². The van der Waals surface area contributed by atoms with Crippen LogP contribution in [0.15, 0.2) is 41.7 Å². The van der Waals surface area contributed by atoms with Crippen molar-refractivity contribution in [1.82, 2.24) is 9.97 Å². The van der Waals surface area contributed by atoms with Crippen molar-refractivity contribution in [3.05, 3.63) is 41.9 Å². The maximum atomic E-state index is 12.5. The molecule has 3 heterocycles. The highest BCUT2D eigenvalue weighted by atomic mass is 35.5. The first-order valence-corrected chi connectivity index (χ1v) is 9.82. The van der Waals surface area contributed by atoms with Gasteiger partial charge in [-0.15, -0.1) is 0 Å². The standard InChI is InChI=1S/C16H19BClN3O4S/c1-15(2)16(3,4)25-17(24-15)11-9-13(14(18)20-10-11)21-26(22,23)12-5-7-19-8-6-12/h5-10,21H,1-4H3. The smallest absolute Gasteiger partial charge is 0.399 e. The van der Waals surface area contributed by atoms with Gasteiger partial charge in [-0.05, 0) is 45.9 Å². The first kappa shape index (κ1) is 19.1. The van der Waals surface area contributed by atoms with Crippen molar-refractivity contribution in [1.29, 1.82) is 0 Å². The first-order chi connectivity index (χ1) is 12.0. The van der Waals surface area contributed by atoms with Gasteiger partial charge in [0.05, 0.1) is 21.8 Å². The normalized spacial score (nSPS) is 18.7. The zero-order chi connectivity index (χ0) is 19.2. The molecule has 0 amide bonds. The van der Waals surface area contributed by atoms with Crippen LogP contribution in [0.3, 0.4) is 0 Å². The molecule has 1 aliphatic heterocycles. The molecule has 0 bridgehead atoms. The number of nitrogens with zero attached hydrogens (tertiary/aromatic N) is 2. The lowest BCUT2D eigenvalue weighted by Crippen LogP contribution is -2.41. The van der Waals surface area contributed by atoms with Crippen LogP contribution in [0, 0.1) is 0 Å². The van der Waals surface area contributed by atoms with E-state index in [2.05, 4.69) is 14.7 Å². The third-order valence-corrected chi connectivity index (χ3v) is 6.27. The largest absolute Gasteiger partial charge is 0.496 e. The second-order valence-corrected chi connectivity index (χ2v) is 9.02. The van der Waals surface area contributed by atoms with E-state index in [1.807, 2.05) is 27.7 Å². The van der Waals surface area contributed by atoms with Crippen LogP contribution in [-0.2, 0) is 19.3 Å². The SMILES string of the molecule is CC1(C)OB(c2cnc(Cl)c(NS(=O)(=O)c3ccncc3)c2)OC1(C)C. The molecule has 2 aromatic rings. The first-order valence-electron chi connectivity index (χ1n) is 7.96. The van der Waals surface area contributed by atoms with Gasteiger partial charge < -0.3 is 9.31 Å². The second-order valence-electron chi connectivity index (χ2n) is 6.98.